The molecular weight excluding hydrogens is 646 g/mol. The zero-order valence-electron chi connectivity index (χ0n) is 27.8. The van der Waals surface area contributed by atoms with Crippen molar-refractivity contribution in [3.05, 3.63) is 64.5 Å². The van der Waals surface area contributed by atoms with Gasteiger partial charge < -0.3 is 28.4 Å². The first-order chi connectivity index (χ1) is 23.3. The van der Waals surface area contributed by atoms with E-state index in [1.165, 1.54) is 23.5 Å². The van der Waals surface area contributed by atoms with E-state index in [1.54, 1.807) is 50.2 Å². The van der Waals surface area contributed by atoms with Crippen molar-refractivity contribution < 1.29 is 46.5 Å². The number of hydrogen-bond acceptors (Lipinski definition) is 11. The van der Waals surface area contributed by atoms with Gasteiger partial charge in [0.25, 0.3) is 5.91 Å². The topological polar surface area (TPSA) is 180 Å². The van der Waals surface area contributed by atoms with Crippen molar-refractivity contribution in [2.75, 3.05) is 66.5 Å². The third-order valence-electron chi connectivity index (χ3n) is 7.21. The molecule has 1 unspecified atom stereocenters. The summed E-state index contributed by atoms with van der Waals surface area (Å²) in [7, 11) is -2.65. The van der Waals surface area contributed by atoms with Crippen molar-refractivity contribution in [2.45, 2.75) is 56.9 Å². The minimum atomic E-state index is -4.15. The molecule has 1 N–H and O–H groups in total. The maximum absolute atomic E-state index is 14.1. The van der Waals surface area contributed by atoms with Crippen LogP contribution in [-0.4, -0.2) is 97.5 Å². The Hall–Kier alpha value is -3.47. The maximum atomic E-state index is 14.1. The highest BCUT2D eigenvalue weighted by Gasteiger charge is 2.38. The van der Waals surface area contributed by atoms with Crippen molar-refractivity contribution in [3.63, 3.8) is 0 Å². The van der Waals surface area contributed by atoms with Gasteiger partial charge in [-0.3, -0.25) is 4.79 Å². The van der Waals surface area contributed by atoms with Crippen LogP contribution in [0.3, 0.4) is 0 Å². The molecule has 2 atom stereocenters. The van der Waals surface area contributed by atoms with E-state index in [-0.39, 0.29) is 18.0 Å². The summed E-state index contributed by atoms with van der Waals surface area (Å²) < 4.78 is 62.1. The lowest BCUT2D eigenvalue weighted by Gasteiger charge is -2.33. The molecule has 2 aromatic rings. The van der Waals surface area contributed by atoms with Crippen LogP contribution in [-0.2, 0) is 45.1 Å². The molecule has 1 aliphatic heterocycles. The number of nitrogens with one attached hydrogen (secondary N) is 1. The molecule has 16 heteroatoms. The number of hydroxylamine groups is 1. The molecule has 266 valence electrons. The Balaban J connectivity index is 1.58. The molecule has 48 heavy (non-hydrogen) atoms. The summed E-state index contributed by atoms with van der Waals surface area (Å²) in [6.07, 6.45) is 1.88. The first-order valence-corrected chi connectivity index (χ1v) is 17.4. The van der Waals surface area contributed by atoms with Crippen molar-refractivity contribution >= 4 is 15.9 Å². The Morgan fingerprint density at radius 2 is 1.58 bits per heavy atom. The van der Waals surface area contributed by atoms with Crippen LogP contribution in [0.15, 0.2) is 58.5 Å². The van der Waals surface area contributed by atoms with E-state index in [1.807, 2.05) is 0 Å². The van der Waals surface area contributed by atoms with Crippen LogP contribution < -0.4 is 15.0 Å². The summed E-state index contributed by atoms with van der Waals surface area (Å²) in [6, 6.07) is 12.0. The van der Waals surface area contributed by atoms with E-state index in [4.69, 9.17) is 38.8 Å². The minimum Gasteiger partial charge on any atom is -0.497 e. The van der Waals surface area contributed by atoms with Gasteiger partial charge in [-0.2, -0.15) is 4.31 Å². The lowest BCUT2D eigenvalue weighted by atomic mass is 10.0. The quantitative estimate of drug-likeness (QED) is 0.0582. The number of rotatable bonds is 23. The summed E-state index contributed by atoms with van der Waals surface area (Å²) in [5.74, 6) is 0.110. The molecule has 0 aromatic heterocycles. The second kappa shape index (κ2) is 21.5. The standard InChI is InChI=1S/C32H47N5O10S/c1-25(2)31(32(38)35-47-30-6-4-5-16-46-30)37(48(39,40)29-13-11-27(41-3)12-14-29)24-26-7-9-28(10-8-26)45-23-22-44-21-20-43-19-18-42-17-15-34-36-33/h7-14,25,30-31H,4-6,15-24H2,1-3H3,(H,35,38)/t30?,31-/m1/s1. The number of benzene rings is 2. The van der Waals surface area contributed by atoms with Crippen LogP contribution in [0, 0.1) is 5.92 Å². The van der Waals surface area contributed by atoms with Crippen molar-refractivity contribution in [3.8, 4) is 11.5 Å². The molecular formula is C32H47N5O10S. The molecule has 15 nitrogen and oxygen atoms in total. The first-order valence-electron chi connectivity index (χ1n) is 15.9. The van der Waals surface area contributed by atoms with Gasteiger partial charge in [0.05, 0.1) is 51.6 Å². The molecule has 0 saturated carbocycles. The van der Waals surface area contributed by atoms with E-state index in [9.17, 15) is 13.2 Å². The fourth-order valence-corrected chi connectivity index (χ4v) is 6.46. The lowest BCUT2D eigenvalue weighted by Crippen LogP contribution is -2.52. The molecule has 1 heterocycles. The molecule has 0 aliphatic carbocycles. The maximum Gasteiger partial charge on any atom is 0.262 e. The second-order valence-corrected chi connectivity index (χ2v) is 13.0. The van der Waals surface area contributed by atoms with Gasteiger partial charge in [-0.25, -0.2) is 18.7 Å². The fraction of sp³-hybridized carbons (Fsp3) is 0.594. The van der Waals surface area contributed by atoms with E-state index >= 15 is 0 Å². The monoisotopic (exact) mass is 693 g/mol. The molecule has 1 amide bonds. The van der Waals surface area contributed by atoms with Gasteiger partial charge in [0.15, 0.2) is 6.29 Å². The summed E-state index contributed by atoms with van der Waals surface area (Å²) in [4.78, 5) is 21.7. The van der Waals surface area contributed by atoms with Crippen molar-refractivity contribution in [2.24, 2.45) is 11.0 Å². The Labute approximate surface area is 282 Å². The minimum absolute atomic E-state index is 0.0270. The van der Waals surface area contributed by atoms with Crippen LogP contribution in [0.4, 0.5) is 0 Å². The average molecular weight is 694 g/mol. The molecule has 0 spiro atoms. The number of sulfonamides is 1. The van der Waals surface area contributed by atoms with Crippen LogP contribution in [0.5, 0.6) is 11.5 Å². The molecule has 2 aromatic carbocycles. The van der Waals surface area contributed by atoms with Gasteiger partial charge >= 0.3 is 0 Å². The lowest BCUT2D eigenvalue weighted by molar-refractivity contribution is -0.202. The van der Waals surface area contributed by atoms with Gasteiger partial charge in [-0.05, 0) is 66.3 Å². The number of nitrogens with zero attached hydrogens (tertiary/aromatic N) is 4. The third kappa shape index (κ3) is 13.2. The highest BCUT2D eigenvalue weighted by Crippen LogP contribution is 2.27. The molecule has 1 saturated heterocycles. The number of azide groups is 1. The van der Waals surface area contributed by atoms with Gasteiger partial charge in [-0.15, -0.1) is 0 Å². The number of carbonyl (C=O) groups excluding carboxylic acids is 1. The summed E-state index contributed by atoms with van der Waals surface area (Å²) in [5, 5.41) is 3.38. The predicted octanol–water partition coefficient (Wildman–Crippen LogP) is 4.22. The highest BCUT2D eigenvalue weighted by atomic mass is 32.2. The summed E-state index contributed by atoms with van der Waals surface area (Å²) >= 11 is 0. The number of methoxy groups -OCH3 is 1. The third-order valence-corrected chi connectivity index (χ3v) is 9.05. The zero-order chi connectivity index (χ0) is 34.6. The van der Waals surface area contributed by atoms with E-state index in [0.717, 1.165) is 12.8 Å². The largest absolute Gasteiger partial charge is 0.497 e. The van der Waals surface area contributed by atoms with E-state index < -0.39 is 34.2 Å². The molecule has 3 rings (SSSR count). The van der Waals surface area contributed by atoms with Crippen molar-refractivity contribution in [1.29, 1.82) is 0 Å². The average Bonchev–Trinajstić information content (AvgIpc) is 3.10. The number of amides is 1. The van der Waals surface area contributed by atoms with Crippen LogP contribution in [0.1, 0.15) is 38.7 Å². The molecule has 1 aliphatic rings. The van der Waals surface area contributed by atoms with E-state index in [0.29, 0.717) is 76.3 Å². The fourth-order valence-electron chi connectivity index (χ4n) is 4.75. The Morgan fingerprint density at radius 1 is 0.958 bits per heavy atom. The van der Waals surface area contributed by atoms with Gasteiger partial charge in [0.2, 0.25) is 10.0 Å². The number of hydrogen-bond donors (Lipinski definition) is 1. The number of carbonyl (C=O) groups is 1. The van der Waals surface area contributed by atoms with Crippen LogP contribution in [0.25, 0.3) is 10.4 Å². The Kier molecular flexibility index (Phi) is 17.4. The predicted molar refractivity (Wildman–Crippen MR) is 176 cm³/mol. The van der Waals surface area contributed by atoms with Gasteiger partial charge in [0.1, 0.15) is 24.1 Å². The zero-order valence-corrected chi connectivity index (χ0v) is 28.6. The normalized spacial score (nSPS) is 15.6. The van der Waals surface area contributed by atoms with E-state index in [2.05, 4.69) is 15.5 Å². The smallest absolute Gasteiger partial charge is 0.262 e. The Bertz CT molecular complexity index is 1370. The SMILES string of the molecule is COc1ccc(S(=O)(=O)N(Cc2ccc(OCCOCCOCCOCCN=[N+]=[N-])cc2)[C@@H](C(=O)NOC2CCCCO2)C(C)C)cc1. The first kappa shape index (κ1) is 39.0. The summed E-state index contributed by atoms with van der Waals surface area (Å²) in [6.45, 7) is 6.93. The second-order valence-electron chi connectivity index (χ2n) is 11.1. The summed E-state index contributed by atoms with van der Waals surface area (Å²) in [5.41, 5.74) is 11.3. The van der Waals surface area contributed by atoms with Crippen LogP contribution >= 0.6 is 0 Å². The highest BCUT2D eigenvalue weighted by molar-refractivity contribution is 7.89. The molecule has 0 radical (unpaired) electrons. The number of ether oxygens (including phenoxy) is 6. The van der Waals surface area contributed by atoms with Gasteiger partial charge in [-0.1, -0.05) is 31.1 Å². The Morgan fingerprint density at radius 3 is 2.17 bits per heavy atom. The van der Waals surface area contributed by atoms with Crippen molar-refractivity contribution in [1.82, 2.24) is 9.79 Å². The molecule has 1 fully saturated rings. The van der Waals surface area contributed by atoms with Gasteiger partial charge in [0, 0.05) is 31.0 Å². The van der Waals surface area contributed by atoms with Crippen LogP contribution in [0.2, 0.25) is 0 Å². The molecule has 0 bridgehead atoms.